The molecule has 0 aliphatic rings. The predicted octanol–water partition coefficient (Wildman–Crippen LogP) is 2.86. The highest BCUT2D eigenvalue weighted by Crippen LogP contribution is 2.19. The van der Waals surface area contributed by atoms with Crippen molar-refractivity contribution in [3.8, 4) is 11.3 Å². The summed E-state index contributed by atoms with van der Waals surface area (Å²) >= 11 is 0. The van der Waals surface area contributed by atoms with Crippen molar-refractivity contribution in [1.82, 2.24) is 15.2 Å². The first-order chi connectivity index (χ1) is 10.2. The molecule has 0 saturated carbocycles. The van der Waals surface area contributed by atoms with Crippen LogP contribution in [0.4, 0.5) is 10.2 Å². The van der Waals surface area contributed by atoms with Gasteiger partial charge in [0, 0.05) is 12.3 Å². The molecule has 0 spiro atoms. The lowest BCUT2D eigenvalue weighted by Crippen LogP contribution is -2.14. The molecule has 0 fully saturated rings. The molecule has 0 atom stereocenters. The van der Waals surface area contributed by atoms with Gasteiger partial charge in [0.25, 0.3) is 5.91 Å². The van der Waals surface area contributed by atoms with Gasteiger partial charge in [-0.1, -0.05) is 30.3 Å². The lowest BCUT2D eigenvalue weighted by molar-refractivity contribution is 0.102. The number of carbonyl (C=O) groups excluding carboxylic acids is 1. The predicted molar refractivity (Wildman–Crippen MR) is 76.2 cm³/mol. The molecule has 2 aromatic heterocycles. The Morgan fingerprint density at radius 2 is 1.95 bits per heavy atom. The number of pyridine rings is 1. The molecule has 0 unspecified atom stereocenters. The van der Waals surface area contributed by atoms with Crippen molar-refractivity contribution < 1.29 is 9.18 Å². The molecule has 21 heavy (non-hydrogen) atoms. The normalized spacial score (nSPS) is 10.3. The van der Waals surface area contributed by atoms with Gasteiger partial charge in [0.15, 0.2) is 5.82 Å². The van der Waals surface area contributed by atoms with Crippen LogP contribution in [0.2, 0.25) is 0 Å². The largest absolute Gasteiger partial charge is 0.305 e. The highest BCUT2D eigenvalue weighted by molar-refractivity contribution is 6.03. The molecule has 3 aromatic rings. The number of rotatable bonds is 3. The van der Waals surface area contributed by atoms with Crippen LogP contribution in [0, 0.1) is 5.95 Å². The summed E-state index contributed by atoms with van der Waals surface area (Å²) in [6.07, 6.45) is 1.29. The number of aromatic amines is 1. The smallest absolute Gasteiger partial charge is 0.261 e. The zero-order chi connectivity index (χ0) is 14.7. The van der Waals surface area contributed by atoms with Gasteiger partial charge in [0.2, 0.25) is 5.95 Å². The summed E-state index contributed by atoms with van der Waals surface area (Å²) in [6.45, 7) is 0. The second kappa shape index (κ2) is 5.54. The van der Waals surface area contributed by atoms with Gasteiger partial charge >= 0.3 is 0 Å². The van der Waals surface area contributed by atoms with Gasteiger partial charge in [-0.3, -0.25) is 9.89 Å². The summed E-state index contributed by atoms with van der Waals surface area (Å²) in [4.78, 5) is 15.4. The number of hydrogen-bond acceptors (Lipinski definition) is 3. The van der Waals surface area contributed by atoms with E-state index in [1.165, 1.54) is 18.3 Å². The third-order valence-corrected chi connectivity index (χ3v) is 2.91. The van der Waals surface area contributed by atoms with Crippen LogP contribution in [0.5, 0.6) is 0 Å². The van der Waals surface area contributed by atoms with Gasteiger partial charge in [-0.15, -0.1) is 0 Å². The van der Waals surface area contributed by atoms with Crippen LogP contribution in [-0.2, 0) is 0 Å². The van der Waals surface area contributed by atoms with Crippen molar-refractivity contribution in [3.05, 3.63) is 66.2 Å². The average Bonchev–Trinajstić information content (AvgIpc) is 2.97. The molecule has 0 saturated heterocycles. The zero-order valence-electron chi connectivity index (χ0n) is 10.9. The van der Waals surface area contributed by atoms with E-state index < -0.39 is 11.9 Å². The second-order valence-electron chi connectivity index (χ2n) is 4.33. The Morgan fingerprint density at radius 1 is 1.14 bits per heavy atom. The molecule has 1 amide bonds. The van der Waals surface area contributed by atoms with Gasteiger partial charge in [0.1, 0.15) is 0 Å². The number of hydrogen-bond donors (Lipinski definition) is 2. The van der Waals surface area contributed by atoms with E-state index in [0.717, 1.165) is 11.3 Å². The Kier molecular flexibility index (Phi) is 3.42. The molecule has 2 heterocycles. The summed E-state index contributed by atoms with van der Waals surface area (Å²) in [5, 5.41) is 9.34. The number of amides is 1. The van der Waals surface area contributed by atoms with Crippen LogP contribution in [0.15, 0.2) is 54.7 Å². The van der Waals surface area contributed by atoms with Gasteiger partial charge in [-0.05, 0) is 17.7 Å². The summed E-state index contributed by atoms with van der Waals surface area (Å²) in [6, 6.07) is 14.1. The first-order valence-electron chi connectivity index (χ1n) is 6.27. The number of aromatic nitrogens is 3. The van der Waals surface area contributed by atoms with Crippen LogP contribution in [-0.4, -0.2) is 21.1 Å². The Hall–Kier alpha value is -3.02. The lowest BCUT2D eigenvalue weighted by atomic mass is 10.1. The molecule has 0 radical (unpaired) electrons. The fraction of sp³-hybridized carbons (Fsp3) is 0. The SMILES string of the molecule is O=C(Nc1cc(-c2ccccc2)[nH]n1)c1cccnc1F. The van der Waals surface area contributed by atoms with Gasteiger partial charge in [0.05, 0.1) is 11.3 Å². The molecular weight excluding hydrogens is 271 g/mol. The molecule has 0 bridgehead atoms. The second-order valence-corrected chi connectivity index (χ2v) is 4.33. The number of anilines is 1. The maximum atomic E-state index is 13.4. The minimum absolute atomic E-state index is 0.123. The molecule has 3 rings (SSSR count). The summed E-state index contributed by atoms with van der Waals surface area (Å²) in [5.41, 5.74) is 1.58. The maximum absolute atomic E-state index is 13.4. The quantitative estimate of drug-likeness (QED) is 0.726. The topological polar surface area (TPSA) is 70.7 Å². The van der Waals surface area contributed by atoms with Crippen LogP contribution < -0.4 is 5.32 Å². The number of halogens is 1. The average molecular weight is 282 g/mol. The van der Waals surface area contributed by atoms with Gasteiger partial charge < -0.3 is 5.32 Å². The first kappa shape index (κ1) is 13.0. The Morgan fingerprint density at radius 3 is 2.71 bits per heavy atom. The van der Waals surface area contributed by atoms with Crippen LogP contribution in [0.1, 0.15) is 10.4 Å². The number of nitrogens with zero attached hydrogens (tertiary/aromatic N) is 2. The number of carbonyl (C=O) groups is 1. The zero-order valence-corrected chi connectivity index (χ0v) is 10.9. The van der Waals surface area contributed by atoms with E-state index in [9.17, 15) is 9.18 Å². The van der Waals surface area contributed by atoms with Crippen molar-refractivity contribution in [3.63, 3.8) is 0 Å². The summed E-state index contributed by atoms with van der Waals surface area (Å²) < 4.78 is 13.4. The van der Waals surface area contributed by atoms with Crippen molar-refractivity contribution in [1.29, 1.82) is 0 Å². The molecule has 1 aromatic carbocycles. The van der Waals surface area contributed by atoms with Crippen molar-refractivity contribution in [2.45, 2.75) is 0 Å². The minimum Gasteiger partial charge on any atom is -0.305 e. The molecular formula is C15H11FN4O. The van der Waals surface area contributed by atoms with Gasteiger partial charge in [-0.25, -0.2) is 4.98 Å². The molecule has 5 nitrogen and oxygen atoms in total. The number of benzene rings is 1. The van der Waals surface area contributed by atoms with E-state index in [1.54, 1.807) is 6.07 Å². The van der Waals surface area contributed by atoms with E-state index in [4.69, 9.17) is 0 Å². The standard InChI is InChI=1S/C15H11FN4O/c16-14-11(7-4-8-17-14)15(21)18-13-9-12(19-20-13)10-5-2-1-3-6-10/h1-9H,(H2,18,19,20,21). The monoisotopic (exact) mass is 282 g/mol. The van der Waals surface area contributed by atoms with Crippen LogP contribution in [0.3, 0.4) is 0 Å². The fourth-order valence-electron chi connectivity index (χ4n) is 1.89. The third-order valence-electron chi connectivity index (χ3n) is 2.91. The van der Waals surface area contributed by atoms with E-state index in [-0.39, 0.29) is 5.56 Å². The number of nitrogens with one attached hydrogen (secondary N) is 2. The molecule has 0 aliphatic heterocycles. The van der Waals surface area contributed by atoms with Crippen molar-refractivity contribution >= 4 is 11.7 Å². The van der Waals surface area contributed by atoms with E-state index in [2.05, 4.69) is 20.5 Å². The molecule has 104 valence electrons. The first-order valence-corrected chi connectivity index (χ1v) is 6.27. The molecule has 2 N–H and O–H groups in total. The lowest BCUT2D eigenvalue weighted by Gasteiger charge is -2.01. The van der Waals surface area contributed by atoms with E-state index >= 15 is 0 Å². The number of H-pyrrole nitrogens is 1. The maximum Gasteiger partial charge on any atom is 0.261 e. The summed E-state index contributed by atoms with van der Waals surface area (Å²) in [7, 11) is 0. The van der Waals surface area contributed by atoms with Gasteiger partial charge in [-0.2, -0.15) is 9.49 Å². The van der Waals surface area contributed by atoms with Crippen LogP contribution >= 0.6 is 0 Å². The van der Waals surface area contributed by atoms with E-state index in [1.807, 2.05) is 30.3 Å². The Bertz CT molecular complexity index is 770. The summed E-state index contributed by atoms with van der Waals surface area (Å²) in [5.74, 6) is -1.08. The fourth-order valence-corrected chi connectivity index (χ4v) is 1.89. The van der Waals surface area contributed by atoms with Crippen molar-refractivity contribution in [2.24, 2.45) is 0 Å². The van der Waals surface area contributed by atoms with E-state index in [0.29, 0.717) is 5.82 Å². The van der Waals surface area contributed by atoms with Crippen LogP contribution in [0.25, 0.3) is 11.3 Å². The molecule has 0 aliphatic carbocycles. The Labute approximate surface area is 119 Å². The van der Waals surface area contributed by atoms with Crippen molar-refractivity contribution in [2.75, 3.05) is 5.32 Å². The molecule has 6 heteroatoms. The third kappa shape index (κ3) is 2.79. The highest BCUT2D eigenvalue weighted by Gasteiger charge is 2.13. The minimum atomic E-state index is -0.811. The highest BCUT2D eigenvalue weighted by atomic mass is 19.1. The Balaban J connectivity index is 1.79.